The summed E-state index contributed by atoms with van der Waals surface area (Å²) in [7, 11) is 0. The number of nitrogens with one attached hydrogen (secondary N) is 1. The second kappa shape index (κ2) is 7.92. The van der Waals surface area contributed by atoms with E-state index >= 15 is 0 Å². The zero-order valence-corrected chi connectivity index (χ0v) is 15.6. The van der Waals surface area contributed by atoms with E-state index in [4.69, 9.17) is 0 Å². The van der Waals surface area contributed by atoms with Gasteiger partial charge in [-0.2, -0.15) is 10.2 Å². The first-order valence-electron chi connectivity index (χ1n) is 9.19. The minimum Gasteiger partial charge on any atom is -0.352 e. The van der Waals surface area contributed by atoms with Crippen molar-refractivity contribution in [2.24, 2.45) is 0 Å². The minimum absolute atomic E-state index is 0.116. The Morgan fingerprint density at radius 1 is 0.929 bits per heavy atom. The Labute approximate surface area is 163 Å². The highest BCUT2D eigenvalue weighted by molar-refractivity contribution is 5.95. The molecule has 0 bridgehead atoms. The van der Waals surface area contributed by atoms with Gasteiger partial charge in [0.15, 0.2) is 0 Å². The van der Waals surface area contributed by atoms with Crippen LogP contribution < -0.4 is 5.32 Å². The van der Waals surface area contributed by atoms with Gasteiger partial charge in [0.25, 0.3) is 5.91 Å². The van der Waals surface area contributed by atoms with E-state index < -0.39 is 0 Å². The second-order valence-electron chi connectivity index (χ2n) is 6.53. The summed E-state index contributed by atoms with van der Waals surface area (Å²) in [6.07, 6.45) is 6.15. The molecule has 0 saturated carbocycles. The lowest BCUT2D eigenvalue weighted by molar-refractivity contribution is 0.0953. The van der Waals surface area contributed by atoms with E-state index in [0.29, 0.717) is 18.5 Å². The summed E-state index contributed by atoms with van der Waals surface area (Å²) in [5, 5.41) is 11.7. The fourth-order valence-electron chi connectivity index (χ4n) is 3.09. The molecule has 28 heavy (non-hydrogen) atoms. The first-order chi connectivity index (χ1) is 13.7. The van der Waals surface area contributed by atoms with Crippen LogP contribution in [0.15, 0.2) is 79.3 Å². The van der Waals surface area contributed by atoms with Crippen LogP contribution in [0.2, 0.25) is 0 Å². The number of benzene rings is 2. The van der Waals surface area contributed by atoms with Gasteiger partial charge in [-0.1, -0.05) is 36.4 Å². The van der Waals surface area contributed by atoms with E-state index in [2.05, 4.69) is 15.5 Å². The Balaban J connectivity index is 1.37. The van der Waals surface area contributed by atoms with Crippen LogP contribution in [0.1, 0.15) is 21.6 Å². The molecule has 2 heterocycles. The average Bonchev–Trinajstić information content (AvgIpc) is 3.36. The maximum Gasteiger partial charge on any atom is 0.254 e. The van der Waals surface area contributed by atoms with Crippen molar-refractivity contribution in [3.63, 3.8) is 0 Å². The van der Waals surface area contributed by atoms with Crippen LogP contribution in [-0.2, 0) is 6.42 Å². The molecule has 6 nitrogen and oxygen atoms in total. The molecule has 0 aliphatic carbocycles. The fraction of sp³-hybridized carbons (Fsp3) is 0.136. The molecule has 0 fully saturated rings. The van der Waals surface area contributed by atoms with Crippen molar-refractivity contribution in [2.45, 2.75) is 13.3 Å². The highest BCUT2D eigenvalue weighted by Crippen LogP contribution is 2.14. The van der Waals surface area contributed by atoms with Gasteiger partial charge in [0.05, 0.1) is 35.0 Å². The van der Waals surface area contributed by atoms with E-state index in [1.54, 1.807) is 10.9 Å². The summed E-state index contributed by atoms with van der Waals surface area (Å²) in [5.41, 5.74) is 4.43. The lowest BCUT2D eigenvalue weighted by atomic mass is 10.2. The molecule has 0 saturated heterocycles. The Bertz CT molecular complexity index is 1070. The zero-order valence-electron chi connectivity index (χ0n) is 15.6. The van der Waals surface area contributed by atoms with E-state index in [0.717, 1.165) is 22.6 Å². The molecule has 2 aromatic heterocycles. The largest absolute Gasteiger partial charge is 0.352 e. The van der Waals surface area contributed by atoms with Gasteiger partial charge in [0, 0.05) is 12.7 Å². The van der Waals surface area contributed by atoms with Gasteiger partial charge in [-0.15, -0.1) is 0 Å². The summed E-state index contributed by atoms with van der Waals surface area (Å²) < 4.78 is 3.62. The molecule has 0 atom stereocenters. The van der Waals surface area contributed by atoms with Gasteiger partial charge >= 0.3 is 0 Å². The first-order valence-corrected chi connectivity index (χ1v) is 9.19. The third kappa shape index (κ3) is 3.71. The van der Waals surface area contributed by atoms with Crippen LogP contribution in [0.5, 0.6) is 0 Å². The van der Waals surface area contributed by atoms with Crippen LogP contribution >= 0.6 is 0 Å². The average molecular weight is 371 g/mol. The standard InChI is InChI=1S/C22H21N5O/c1-17-21(15-25-27(17)20-10-6-3-7-11-20)22(28)23-13-12-18-14-24-26(16-18)19-8-4-2-5-9-19/h2-11,14-16H,12-13H2,1H3,(H,23,28). The number of hydrogen-bond donors (Lipinski definition) is 1. The van der Waals surface area contributed by atoms with Gasteiger partial charge in [0.2, 0.25) is 0 Å². The molecule has 0 spiro atoms. The maximum atomic E-state index is 12.5. The van der Waals surface area contributed by atoms with Crippen molar-refractivity contribution in [1.82, 2.24) is 24.9 Å². The third-order valence-electron chi connectivity index (χ3n) is 4.61. The SMILES string of the molecule is Cc1c(C(=O)NCCc2cnn(-c3ccccc3)c2)cnn1-c1ccccc1. The quantitative estimate of drug-likeness (QED) is 0.565. The molecule has 0 aliphatic rings. The predicted octanol–water partition coefficient (Wildman–Crippen LogP) is 3.34. The van der Waals surface area contributed by atoms with Crippen LogP contribution in [-0.4, -0.2) is 32.0 Å². The number of amides is 1. The van der Waals surface area contributed by atoms with Crippen LogP contribution in [0, 0.1) is 6.92 Å². The fourth-order valence-corrected chi connectivity index (χ4v) is 3.09. The Morgan fingerprint density at radius 2 is 1.61 bits per heavy atom. The summed E-state index contributed by atoms with van der Waals surface area (Å²) in [5.74, 6) is -0.116. The Kier molecular flexibility index (Phi) is 5.01. The van der Waals surface area contributed by atoms with Crippen molar-refractivity contribution in [1.29, 1.82) is 0 Å². The molecule has 4 aromatic rings. The van der Waals surface area contributed by atoms with Crippen LogP contribution in [0.25, 0.3) is 11.4 Å². The molecule has 6 heteroatoms. The van der Waals surface area contributed by atoms with Crippen LogP contribution in [0.3, 0.4) is 0 Å². The van der Waals surface area contributed by atoms with Crippen LogP contribution in [0.4, 0.5) is 0 Å². The molecule has 0 aliphatic heterocycles. The number of rotatable bonds is 6. The van der Waals surface area contributed by atoms with Crippen molar-refractivity contribution in [3.05, 3.63) is 96.1 Å². The number of nitrogens with zero attached hydrogens (tertiary/aromatic N) is 4. The third-order valence-corrected chi connectivity index (χ3v) is 4.61. The Hall–Kier alpha value is -3.67. The zero-order chi connectivity index (χ0) is 19.3. The monoisotopic (exact) mass is 371 g/mol. The molecule has 1 amide bonds. The molecule has 4 rings (SSSR count). The van der Waals surface area contributed by atoms with E-state index in [1.165, 1.54) is 0 Å². The lowest BCUT2D eigenvalue weighted by Gasteiger charge is -2.06. The molecule has 2 aromatic carbocycles. The summed E-state index contributed by atoms with van der Waals surface area (Å²) in [6, 6.07) is 19.7. The highest BCUT2D eigenvalue weighted by Gasteiger charge is 2.14. The first kappa shape index (κ1) is 17.7. The Morgan fingerprint density at radius 3 is 2.32 bits per heavy atom. The van der Waals surface area contributed by atoms with Gasteiger partial charge in [-0.3, -0.25) is 4.79 Å². The highest BCUT2D eigenvalue weighted by atomic mass is 16.1. The van der Waals surface area contributed by atoms with E-state index in [9.17, 15) is 4.79 Å². The molecule has 0 radical (unpaired) electrons. The molecule has 0 unspecified atom stereocenters. The minimum atomic E-state index is -0.116. The van der Waals surface area contributed by atoms with E-state index in [1.807, 2.05) is 84.7 Å². The lowest BCUT2D eigenvalue weighted by Crippen LogP contribution is -2.26. The topological polar surface area (TPSA) is 64.7 Å². The van der Waals surface area contributed by atoms with Gasteiger partial charge < -0.3 is 5.32 Å². The summed E-state index contributed by atoms with van der Waals surface area (Å²) in [4.78, 5) is 12.5. The number of para-hydroxylation sites is 2. The van der Waals surface area contributed by atoms with Gasteiger partial charge in [-0.05, 0) is 43.2 Å². The smallest absolute Gasteiger partial charge is 0.254 e. The van der Waals surface area contributed by atoms with Crippen molar-refractivity contribution >= 4 is 5.91 Å². The number of carbonyl (C=O) groups excluding carboxylic acids is 1. The van der Waals surface area contributed by atoms with Crippen molar-refractivity contribution in [3.8, 4) is 11.4 Å². The molecule has 140 valence electrons. The maximum absolute atomic E-state index is 12.5. The second-order valence-corrected chi connectivity index (χ2v) is 6.53. The molecule has 1 N–H and O–H groups in total. The van der Waals surface area contributed by atoms with Crippen molar-refractivity contribution < 1.29 is 4.79 Å². The van der Waals surface area contributed by atoms with Gasteiger partial charge in [0.1, 0.15) is 0 Å². The number of hydrogen-bond acceptors (Lipinski definition) is 3. The number of aromatic nitrogens is 4. The van der Waals surface area contributed by atoms with E-state index in [-0.39, 0.29) is 5.91 Å². The van der Waals surface area contributed by atoms with Crippen molar-refractivity contribution in [2.75, 3.05) is 6.54 Å². The summed E-state index contributed by atoms with van der Waals surface area (Å²) >= 11 is 0. The predicted molar refractivity (Wildman–Crippen MR) is 108 cm³/mol. The molecular weight excluding hydrogens is 350 g/mol. The summed E-state index contributed by atoms with van der Waals surface area (Å²) in [6.45, 7) is 2.44. The number of carbonyl (C=O) groups is 1. The van der Waals surface area contributed by atoms with Gasteiger partial charge in [-0.25, -0.2) is 9.36 Å². The normalized spacial score (nSPS) is 10.8. The molecular formula is C22H21N5O.